The van der Waals surface area contributed by atoms with E-state index in [2.05, 4.69) is 10.6 Å². The number of halogens is 2. The minimum Gasteiger partial charge on any atom is -0.493 e. The van der Waals surface area contributed by atoms with Crippen LogP contribution < -0.4 is 15.4 Å². The largest absolute Gasteiger partial charge is 0.493 e. The van der Waals surface area contributed by atoms with Gasteiger partial charge < -0.3 is 25.2 Å². The van der Waals surface area contributed by atoms with Crippen LogP contribution >= 0.6 is 0 Å². The molecule has 1 aliphatic rings. The molecule has 1 aliphatic heterocycles. The average Bonchev–Trinajstić information content (AvgIpc) is 2.69. The molecule has 174 valence electrons. The van der Waals surface area contributed by atoms with Crippen LogP contribution in [0.4, 0.5) is 13.6 Å². The fraction of sp³-hybridized carbons (Fsp3) is 0.458. The molecule has 0 bridgehead atoms. The summed E-state index contributed by atoms with van der Waals surface area (Å²) < 4.78 is 38.3. The van der Waals surface area contributed by atoms with E-state index in [1.807, 2.05) is 24.3 Å². The molecule has 0 aliphatic carbocycles. The van der Waals surface area contributed by atoms with Crippen LogP contribution in [0, 0.1) is 11.6 Å². The number of carbonyl (C=O) groups excluding carboxylic acids is 1. The summed E-state index contributed by atoms with van der Waals surface area (Å²) in [5.41, 5.74) is 0.586. The second kappa shape index (κ2) is 10.3. The minimum absolute atomic E-state index is 0.0246. The molecule has 0 aromatic heterocycles. The Morgan fingerprint density at radius 2 is 1.91 bits per heavy atom. The number of nitrogens with one attached hydrogen (secondary N) is 2. The fourth-order valence-electron chi connectivity index (χ4n) is 3.68. The SMILES string of the molecule is CC(C)(C)OC(=O)NC(Cc1cc(F)cc(F)c1)[C@H](O)CNC1CCOc2ccccc21. The number of rotatable bonds is 7. The van der Waals surface area contributed by atoms with Gasteiger partial charge in [0.25, 0.3) is 0 Å². The number of para-hydroxylation sites is 1. The molecule has 1 amide bonds. The highest BCUT2D eigenvalue weighted by Gasteiger charge is 2.27. The number of aliphatic hydroxyl groups is 1. The summed E-state index contributed by atoms with van der Waals surface area (Å²) in [6.45, 7) is 5.88. The predicted molar refractivity (Wildman–Crippen MR) is 117 cm³/mol. The number of benzene rings is 2. The van der Waals surface area contributed by atoms with Gasteiger partial charge in [0.2, 0.25) is 0 Å². The Labute approximate surface area is 186 Å². The highest BCUT2D eigenvalue weighted by molar-refractivity contribution is 5.68. The molecule has 6 nitrogen and oxygen atoms in total. The molecule has 0 saturated heterocycles. The van der Waals surface area contributed by atoms with Gasteiger partial charge in [-0.1, -0.05) is 18.2 Å². The lowest BCUT2D eigenvalue weighted by atomic mass is 9.98. The van der Waals surface area contributed by atoms with Gasteiger partial charge in [0, 0.05) is 30.6 Å². The summed E-state index contributed by atoms with van der Waals surface area (Å²) in [5.74, 6) is -0.644. The zero-order valence-electron chi connectivity index (χ0n) is 18.5. The Balaban J connectivity index is 1.71. The van der Waals surface area contributed by atoms with Gasteiger partial charge in [0.15, 0.2) is 0 Å². The van der Waals surface area contributed by atoms with Gasteiger partial charge in [-0.2, -0.15) is 0 Å². The second-order valence-electron chi connectivity index (χ2n) is 8.94. The molecule has 0 spiro atoms. The third kappa shape index (κ3) is 6.90. The summed E-state index contributed by atoms with van der Waals surface area (Å²) in [4.78, 5) is 12.3. The van der Waals surface area contributed by atoms with Crippen molar-refractivity contribution in [3.8, 4) is 5.75 Å². The van der Waals surface area contributed by atoms with Gasteiger partial charge in [0.05, 0.1) is 18.8 Å². The number of alkyl carbamates (subject to hydrolysis) is 1. The zero-order valence-corrected chi connectivity index (χ0v) is 18.5. The summed E-state index contributed by atoms with van der Waals surface area (Å²) >= 11 is 0. The van der Waals surface area contributed by atoms with Crippen LogP contribution in [0.15, 0.2) is 42.5 Å². The van der Waals surface area contributed by atoms with Gasteiger partial charge in [-0.05, 0) is 51.0 Å². The standard InChI is InChI=1S/C24H30F2N2O4/c1-24(2,3)32-23(30)28-20(12-15-10-16(25)13-17(26)11-15)21(29)14-27-19-8-9-31-22-7-5-4-6-18(19)22/h4-7,10-11,13,19-21,27,29H,8-9,12,14H2,1-3H3,(H,28,30)/t19?,20?,21-/m1/s1. The first-order valence-corrected chi connectivity index (χ1v) is 10.7. The van der Waals surface area contributed by atoms with Crippen molar-refractivity contribution in [3.63, 3.8) is 0 Å². The molecule has 2 unspecified atom stereocenters. The van der Waals surface area contributed by atoms with Crippen molar-refractivity contribution in [2.24, 2.45) is 0 Å². The number of ether oxygens (including phenoxy) is 2. The molecule has 2 aromatic carbocycles. The number of hydrogen-bond acceptors (Lipinski definition) is 5. The van der Waals surface area contributed by atoms with Gasteiger partial charge in [0.1, 0.15) is 23.0 Å². The van der Waals surface area contributed by atoms with E-state index in [-0.39, 0.29) is 19.0 Å². The fourth-order valence-corrected chi connectivity index (χ4v) is 3.68. The maximum atomic E-state index is 13.7. The number of carbonyl (C=O) groups is 1. The first kappa shape index (κ1) is 23.9. The van der Waals surface area contributed by atoms with Crippen molar-refractivity contribution >= 4 is 6.09 Å². The lowest BCUT2D eigenvalue weighted by Gasteiger charge is -2.30. The van der Waals surface area contributed by atoms with E-state index in [1.54, 1.807) is 20.8 Å². The number of hydrogen-bond donors (Lipinski definition) is 3. The number of aliphatic hydroxyl groups excluding tert-OH is 1. The lowest BCUT2D eigenvalue weighted by molar-refractivity contribution is 0.0418. The Kier molecular flexibility index (Phi) is 7.69. The van der Waals surface area contributed by atoms with Crippen molar-refractivity contribution in [3.05, 3.63) is 65.2 Å². The third-order valence-corrected chi connectivity index (χ3v) is 5.08. The Morgan fingerprint density at radius 1 is 1.22 bits per heavy atom. The summed E-state index contributed by atoms with van der Waals surface area (Å²) in [5, 5.41) is 16.8. The van der Waals surface area contributed by atoms with E-state index in [1.165, 1.54) is 12.1 Å². The zero-order chi connectivity index (χ0) is 23.3. The summed E-state index contributed by atoms with van der Waals surface area (Å²) in [7, 11) is 0. The Morgan fingerprint density at radius 3 is 2.59 bits per heavy atom. The van der Waals surface area contributed by atoms with E-state index in [0.29, 0.717) is 12.2 Å². The van der Waals surface area contributed by atoms with E-state index in [9.17, 15) is 18.7 Å². The quantitative estimate of drug-likeness (QED) is 0.599. The molecule has 32 heavy (non-hydrogen) atoms. The predicted octanol–water partition coefficient (Wildman–Crippen LogP) is 3.87. The molecular formula is C24H30F2N2O4. The highest BCUT2D eigenvalue weighted by atomic mass is 19.1. The highest BCUT2D eigenvalue weighted by Crippen LogP contribution is 2.31. The monoisotopic (exact) mass is 448 g/mol. The van der Waals surface area contributed by atoms with Crippen LogP contribution in [0.2, 0.25) is 0 Å². The molecule has 3 N–H and O–H groups in total. The molecule has 0 saturated carbocycles. The first-order chi connectivity index (χ1) is 15.1. The summed E-state index contributed by atoms with van der Waals surface area (Å²) in [6.07, 6.45) is -0.997. The number of amides is 1. The van der Waals surface area contributed by atoms with Crippen LogP contribution in [0.5, 0.6) is 5.75 Å². The van der Waals surface area contributed by atoms with Gasteiger partial charge in [-0.3, -0.25) is 0 Å². The van der Waals surface area contributed by atoms with Crippen molar-refractivity contribution in [1.29, 1.82) is 0 Å². The van der Waals surface area contributed by atoms with E-state index >= 15 is 0 Å². The average molecular weight is 449 g/mol. The smallest absolute Gasteiger partial charge is 0.407 e. The van der Waals surface area contributed by atoms with Gasteiger partial charge >= 0.3 is 6.09 Å². The molecule has 1 heterocycles. The van der Waals surface area contributed by atoms with E-state index in [4.69, 9.17) is 9.47 Å². The summed E-state index contributed by atoms with van der Waals surface area (Å²) in [6, 6.07) is 9.97. The third-order valence-electron chi connectivity index (χ3n) is 5.08. The van der Waals surface area contributed by atoms with Crippen molar-refractivity contribution in [2.45, 2.75) is 57.4 Å². The molecule has 2 aromatic rings. The molecule has 0 radical (unpaired) electrons. The van der Waals surface area contributed by atoms with Crippen LogP contribution in [-0.4, -0.2) is 42.1 Å². The Hall–Kier alpha value is -2.71. The van der Waals surface area contributed by atoms with Crippen LogP contribution in [0.3, 0.4) is 0 Å². The van der Waals surface area contributed by atoms with Crippen molar-refractivity contribution < 1.29 is 28.2 Å². The molecule has 3 rings (SSSR count). The lowest BCUT2D eigenvalue weighted by Crippen LogP contribution is -2.50. The first-order valence-electron chi connectivity index (χ1n) is 10.7. The number of fused-ring (bicyclic) bond motifs is 1. The van der Waals surface area contributed by atoms with Gasteiger partial charge in [-0.25, -0.2) is 13.6 Å². The maximum Gasteiger partial charge on any atom is 0.407 e. The second-order valence-corrected chi connectivity index (χ2v) is 8.94. The minimum atomic E-state index is -1.04. The molecule has 3 atom stereocenters. The van der Waals surface area contributed by atoms with Crippen LogP contribution in [0.1, 0.15) is 44.4 Å². The molecule has 0 fully saturated rings. The Bertz CT molecular complexity index is 912. The maximum absolute atomic E-state index is 13.7. The van der Waals surface area contributed by atoms with E-state index < -0.39 is 35.5 Å². The van der Waals surface area contributed by atoms with Crippen molar-refractivity contribution in [1.82, 2.24) is 10.6 Å². The van der Waals surface area contributed by atoms with Crippen LogP contribution in [-0.2, 0) is 11.2 Å². The normalized spacial score (nSPS) is 17.6. The van der Waals surface area contributed by atoms with Crippen molar-refractivity contribution in [2.75, 3.05) is 13.2 Å². The topological polar surface area (TPSA) is 79.8 Å². The van der Waals surface area contributed by atoms with Crippen LogP contribution in [0.25, 0.3) is 0 Å². The van der Waals surface area contributed by atoms with Gasteiger partial charge in [-0.15, -0.1) is 0 Å². The van der Waals surface area contributed by atoms with E-state index in [0.717, 1.165) is 23.8 Å². The molecule has 8 heteroatoms. The molecular weight excluding hydrogens is 418 g/mol.